The van der Waals surface area contributed by atoms with Crippen molar-refractivity contribution in [3.8, 4) is 22.4 Å². The third kappa shape index (κ3) is 1.77. The molecule has 0 aliphatic heterocycles. The Kier molecular flexibility index (Phi) is 2.47. The van der Waals surface area contributed by atoms with Crippen LogP contribution in [-0.2, 0) is 0 Å². The van der Waals surface area contributed by atoms with Gasteiger partial charge in [0, 0.05) is 18.6 Å². The Bertz CT molecular complexity index is 910. The van der Waals surface area contributed by atoms with Gasteiger partial charge in [-0.3, -0.25) is 4.98 Å². The van der Waals surface area contributed by atoms with E-state index in [1.54, 1.807) is 23.1 Å². The van der Waals surface area contributed by atoms with E-state index in [0.29, 0.717) is 5.69 Å². The van der Waals surface area contributed by atoms with Gasteiger partial charge in [-0.15, -0.1) is 0 Å². The Morgan fingerprint density at radius 3 is 2.81 bits per heavy atom. The summed E-state index contributed by atoms with van der Waals surface area (Å²) < 4.78 is 6.98. The average molecular weight is 277 g/mol. The van der Waals surface area contributed by atoms with Gasteiger partial charge in [0.15, 0.2) is 0 Å². The first-order chi connectivity index (χ1) is 10.3. The number of aromatic nitrogens is 4. The second kappa shape index (κ2) is 4.45. The molecule has 2 N–H and O–H groups in total. The molecule has 0 fully saturated rings. The summed E-state index contributed by atoms with van der Waals surface area (Å²) in [6.07, 6.45) is 7.06. The van der Waals surface area contributed by atoms with Gasteiger partial charge in [0.25, 0.3) is 0 Å². The maximum absolute atomic E-state index is 5.95. The largest absolute Gasteiger partial charge is 0.367 e. The van der Waals surface area contributed by atoms with Crippen LogP contribution < -0.4 is 5.73 Å². The van der Waals surface area contributed by atoms with E-state index in [2.05, 4.69) is 15.2 Å². The minimum absolute atomic E-state index is 0.284. The van der Waals surface area contributed by atoms with E-state index < -0.39 is 0 Å². The fourth-order valence-electron chi connectivity index (χ4n) is 2.40. The lowest BCUT2D eigenvalue weighted by molar-refractivity contribution is 0.439. The number of hydrogen-bond acceptors (Lipinski definition) is 5. The summed E-state index contributed by atoms with van der Waals surface area (Å²) >= 11 is 0. The summed E-state index contributed by atoms with van der Waals surface area (Å²) in [6.45, 7) is 0. The molecule has 4 aromatic rings. The van der Waals surface area contributed by atoms with Crippen LogP contribution >= 0.6 is 0 Å². The van der Waals surface area contributed by atoms with Crippen LogP contribution in [0, 0.1) is 0 Å². The molecular formula is C15H11N5O. The summed E-state index contributed by atoms with van der Waals surface area (Å²) in [4.78, 5) is 4.02. The summed E-state index contributed by atoms with van der Waals surface area (Å²) in [5, 5.41) is 8.43. The maximum atomic E-state index is 5.95. The first-order valence-corrected chi connectivity index (χ1v) is 6.43. The highest BCUT2D eigenvalue weighted by Crippen LogP contribution is 2.37. The Morgan fingerprint density at radius 1 is 1.10 bits per heavy atom. The molecule has 0 amide bonds. The quantitative estimate of drug-likeness (QED) is 0.609. The second-order valence-corrected chi connectivity index (χ2v) is 4.60. The molecule has 0 atom stereocenters. The molecule has 0 spiro atoms. The van der Waals surface area contributed by atoms with Gasteiger partial charge in [0.2, 0.25) is 5.88 Å². The lowest BCUT2D eigenvalue weighted by Crippen LogP contribution is -1.88. The van der Waals surface area contributed by atoms with Crippen molar-refractivity contribution in [2.75, 3.05) is 5.73 Å². The van der Waals surface area contributed by atoms with Gasteiger partial charge < -0.3 is 10.3 Å². The molecule has 21 heavy (non-hydrogen) atoms. The number of anilines is 1. The molecule has 6 nitrogen and oxygen atoms in total. The maximum Gasteiger partial charge on any atom is 0.230 e. The highest BCUT2D eigenvalue weighted by Gasteiger charge is 2.20. The average Bonchev–Trinajstić information content (AvgIpc) is 3.11. The third-order valence-electron chi connectivity index (χ3n) is 3.37. The van der Waals surface area contributed by atoms with Crippen molar-refractivity contribution < 1.29 is 4.52 Å². The van der Waals surface area contributed by atoms with Crippen LogP contribution in [0.4, 0.5) is 5.88 Å². The molecule has 0 radical (unpaired) electrons. The van der Waals surface area contributed by atoms with Gasteiger partial charge in [0.05, 0.1) is 22.8 Å². The Morgan fingerprint density at radius 2 is 1.95 bits per heavy atom. The molecule has 0 saturated carbocycles. The number of rotatable bonds is 2. The fraction of sp³-hybridized carbons (Fsp3) is 0. The van der Waals surface area contributed by atoms with Crippen molar-refractivity contribution in [3.63, 3.8) is 0 Å². The van der Waals surface area contributed by atoms with Crippen molar-refractivity contribution >= 4 is 11.4 Å². The predicted octanol–water partition coefficient (Wildman–Crippen LogP) is 2.63. The molecule has 4 aromatic heterocycles. The van der Waals surface area contributed by atoms with Gasteiger partial charge in [0.1, 0.15) is 5.69 Å². The lowest BCUT2D eigenvalue weighted by Gasteiger charge is -2.01. The van der Waals surface area contributed by atoms with Gasteiger partial charge in [-0.05, 0) is 29.8 Å². The Balaban J connectivity index is 1.98. The molecule has 4 rings (SSSR count). The van der Waals surface area contributed by atoms with Gasteiger partial charge in [-0.1, -0.05) is 11.2 Å². The van der Waals surface area contributed by atoms with Crippen LogP contribution in [0.1, 0.15) is 0 Å². The minimum atomic E-state index is 0.284. The van der Waals surface area contributed by atoms with Crippen molar-refractivity contribution in [2.24, 2.45) is 0 Å². The molecule has 102 valence electrons. The second-order valence-electron chi connectivity index (χ2n) is 4.60. The fourth-order valence-corrected chi connectivity index (χ4v) is 2.40. The van der Waals surface area contributed by atoms with Gasteiger partial charge in [-0.2, -0.15) is 5.10 Å². The Labute approximate surface area is 119 Å². The molecule has 0 bridgehead atoms. The normalized spacial score (nSPS) is 11.0. The van der Waals surface area contributed by atoms with E-state index in [9.17, 15) is 0 Å². The van der Waals surface area contributed by atoms with Crippen molar-refractivity contribution in [3.05, 3.63) is 55.1 Å². The molecule has 4 heterocycles. The number of nitrogens with zero attached hydrogens (tertiary/aromatic N) is 4. The monoisotopic (exact) mass is 277 g/mol. The molecule has 0 aromatic carbocycles. The van der Waals surface area contributed by atoms with Crippen LogP contribution in [0.25, 0.3) is 27.9 Å². The molecular weight excluding hydrogens is 266 g/mol. The van der Waals surface area contributed by atoms with Crippen LogP contribution in [0.2, 0.25) is 0 Å². The molecule has 0 aliphatic rings. The van der Waals surface area contributed by atoms with Crippen molar-refractivity contribution in [1.82, 2.24) is 19.8 Å². The summed E-state index contributed by atoms with van der Waals surface area (Å²) in [7, 11) is 0. The number of nitrogen functional groups attached to an aromatic ring is 1. The zero-order chi connectivity index (χ0) is 14.2. The number of hydrogen-bond donors (Lipinski definition) is 1. The van der Waals surface area contributed by atoms with Gasteiger partial charge >= 0.3 is 0 Å². The first-order valence-electron chi connectivity index (χ1n) is 6.43. The third-order valence-corrected chi connectivity index (χ3v) is 3.37. The molecule has 0 unspecified atom stereocenters. The SMILES string of the molecule is Nc1onc(-c2cnn3ccccc23)c1-c1ccncc1. The zero-order valence-corrected chi connectivity index (χ0v) is 11.0. The van der Waals surface area contributed by atoms with Crippen LogP contribution in [0.5, 0.6) is 0 Å². The standard InChI is InChI=1S/C15H11N5O/c16-15-13(10-4-6-17-7-5-10)14(19-21-15)11-9-18-20-8-2-1-3-12(11)20/h1-9H,16H2. The van der Waals surface area contributed by atoms with Crippen LogP contribution in [0.15, 0.2) is 59.6 Å². The number of pyridine rings is 2. The summed E-state index contributed by atoms with van der Waals surface area (Å²) in [6, 6.07) is 9.60. The van der Waals surface area contributed by atoms with E-state index in [-0.39, 0.29) is 5.88 Å². The molecule has 6 heteroatoms. The van der Waals surface area contributed by atoms with Crippen LogP contribution in [0.3, 0.4) is 0 Å². The van der Waals surface area contributed by atoms with E-state index >= 15 is 0 Å². The first kappa shape index (κ1) is 11.7. The lowest BCUT2D eigenvalue weighted by atomic mass is 10.0. The summed E-state index contributed by atoms with van der Waals surface area (Å²) in [5.74, 6) is 0.284. The van der Waals surface area contributed by atoms with E-state index in [4.69, 9.17) is 10.3 Å². The smallest absolute Gasteiger partial charge is 0.230 e. The van der Waals surface area contributed by atoms with Crippen molar-refractivity contribution in [2.45, 2.75) is 0 Å². The number of fused-ring (bicyclic) bond motifs is 1. The zero-order valence-electron chi connectivity index (χ0n) is 11.0. The highest BCUT2D eigenvalue weighted by molar-refractivity contribution is 5.91. The molecule has 0 saturated heterocycles. The Hall–Kier alpha value is -3.15. The summed E-state index contributed by atoms with van der Waals surface area (Å²) in [5.41, 5.74) is 10.1. The minimum Gasteiger partial charge on any atom is -0.367 e. The van der Waals surface area contributed by atoms with E-state index in [1.807, 2.05) is 36.5 Å². The highest BCUT2D eigenvalue weighted by atomic mass is 16.5. The topological polar surface area (TPSA) is 82.2 Å². The predicted molar refractivity (Wildman–Crippen MR) is 78.3 cm³/mol. The van der Waals surface area contributed by atoms with E-state index in [0.717, 1.165) is 22.2 Å². The van der Waals surface area contributed by atoms with Crippen LogP contribution in [-0.4, -0.2) is 19.8 Å². The van der Waals surface area contributed by atoms with Gasteiger partial charge in [-0.25, -0.2) is 4.52 Å². The van der Waals surface area contributed by atoms with Crippen molar-refractivity contribution in [1.29, 1.82) is 0 Å². The van der Waals surface area contributed by atoms with E-state index in [1.165, 1.54) is 0 Å². The molecule has 0 aliphatic carbocycles. The number of nitrogens with two attached hydrogens (primary N) is 1.